The number of hydrogen-bond donors (Lipinski definition) is 2. The molecule has 0 aromatic heterocycles. The van der Waals surface area contributed by atoms with Gasteiger partial charge in [0.1, 0.15) is 6.04 Å². The molecule has 0 saturated heterocycles. The molecule has 0 heterocycles. The topological polar surface area (TPSA) is 90.0 Å². The van der Waals surface area contributed by atoms with Crippen molar-refractivity contribution in [3.8, 4) is 0 Å². The molecule has 0 fully saturated rings. The zero-order chi connectivity index (χ0) is 24.0. The van der Waals surface area contributed by atoms with Gasteiger partial charge in [0.15, 0.2) is 0 Å². The number of hydrogen-bond acceptors (Lipinski definition) is 4. The molecule has 0 saturated carbocycles. The summed E-state index contributed by atoms with van der Waals surface area (Å²) in [7, 11) is 5.42. The Balaban J connectivity index is 6.05. The van der Waals surface area contributed by atoms with Crippen molar-refractivity contribution in [2.24, 2.45) is 11.3 Å². The fourth-order valence-corrected chi connectivity index (χ4v) is 3.75. The van der Waals surface area contributed by atoms with E-state index < -0.39 is 29.0 Å². The SMILES string of the molecule is CCC(CC)(C(=O)NC(C(=O)N(C)[C@H](/C=C(\C)C(=O)O)C(C)C)C(C)(C)C)N(C)C. The quantitative estimate of drug-likeness (QED) is 0.525. The molecule has 30 heavy (non-hydrogen) atoms. The monoisotopic (exact) mass is 425 g/mol. The summed E-state index contributed by atoms with van der Waals surface area (Å²) in [5, 5.41) is 12.3. The van der Waals surface area contributed by atoms with Gasteiger partial charge in [-0.3, -0.25) is 14.5 Å². The molecule has 0 aliphatic heterocycles. The Bertz CT molecular complexity index is 643. The van der Waals surface area contributed by atoms with Crippen LogP contribution in [-0.2, 0) is 14.4 Å². The van der Waals surface area contributed by atoms with Crippen LogP contribution in [0.25, 0.3) is 0 Å². The first-order valence-corrected chi connectivity index (χ1v) is 10.7. The minimum absolute atomic E-state index is 0.0109. The first-order chi connectivity index (χ1) is 13.6. The van der Waals surface area contributed by atoms with Crippen LogP contribution in [0.4, 0.5) is 0 Å². The second-order valence-electron chi connectivity index (χ2n) is 9.74. The van der Waals surface area contributed by atoms with E-state index in [1.54, 1.807) is 18.0 Å². The molecule has 0 aromatic rings. The van der Waals surface area contributed by atoms with E-state index >= 15 is 0 Å². The number of carboxylic acid groups (broad SMARTS) is 1. The van der Waals surface area contributed by atoms with E-state index in [4.69, 9.17) is 0 Å². The molecule has 7 heteroatoms. The Kier molecular flexibility index (Phi) is 10.2. The molecule has 2 N–H and O–H groups in total. The van der Waals surface area contributed by atoms with Gasteiger partial charge in [0.2, 0.25) is 11.8 Å². The van der Waals surface area contributed by atoms with E-state index in [0.29, 0.717) is 12.8 Å². The average Bonchev–Trinajstić information content (AvgIpc) is 2.62. The second-order valence-corrected chi connectivity index (χ2v) is 9.74. The smallest absolute Gasteiger partial charge is 0.331 e. The third-order valence-corrected chi connectivity index (χ3v) is 6.07. The van der Waals surface area contributed by atoms with Gasteiger partial charge in [0, 0.05) is 12.6 Å². The van der Waals surface area contributed by atoms with Crippen molar-refractivity contribution in [2.45, 2.75) is 85.9 Å². The van der Waals surface area contributed by atoms with Crippen molar-refractivity contribution in [1.82, 2.24) is 15.1 Å². The maximum Gasteiger partial charge on any atom is 0.331 e. The molecule has 0 bridgehead atoms. The van der Waals surface area contributed by atoms with Crippen molar-refractivity contribution < 1.29 is 19.5 Å². The van der Waals surface area contributed by atoms with Crippen molar-refractivity contribution in [3.63, 3.8) is 0 Å². The Hall–Kier alpha value is -1.89. The summed E-state index contributed by atoms with van der Waals surface area (Å²) in [5.74, 6) is -1.40. The van der Waals surface area contributed by atoms with E-state index in [0.717, 1.165) is 0 Å². The van der Waals surface area contributed by atoms with Gasteiger partial charge in [-0.25, -0.2) is 4.79 Å². The molecule has 0 radical (unpaired) electrons. The highest BCUT2D eigenvalue weighted by molar-refractivity contribution is 5.93. The molecule has 2 atom stereocenters. The molecule has 174 valence electrons. The fourth-order valence-electron chi connectivity index (χ4n) is 3.75. The molecule has 0 aromatic carbocycles. The number of likely N-dealkylation sites (N-methyl/N-ethyl adjacent to an activating group) is 2. The number of nitrogens with zero attached hydrogens (tertiary/aromatic N) is 2. The lowest BCUT2D eigenvalue weighted by atomic mass is 9.83. The number of rotatable bonds is 10. The zero-order valence-electron chi connectivity index (χ0n) is 20.8. The molecule has 0 aliphatic rings. The van der Waals surface area contributed by atoms with Crippen LogP contribution in [0, 0.1) is 11.3 Å². The predicted octanol–water partition coefficient (Wildman–Crippen LogP) is 3.15. The predicted molar refractivity (Wildman–Crippen MR) is 121 cm³/mol. The highest BCUT2D eigenvalue weighted by atomic mass is 16.4. The van der Waals surface area contributed by atoms with Gasteiger partial charge in [-0.05, 0) is 45.2 Å². The van der Waals surface area contributed by atoms with E-state index in [9.17, 15) is 19.5 Å². The molecule has 0 aliphatic carbocycles. The van der Waals surface area contributed by atoms with E-state index in [1.807, 2.05) is 67.5 Å². The number of carboxylic acids is 1. The van der Waals surface area contributed by atoms with Crippen molar-refractivity contribution in [3.05, 3.63) is 11.6 Å². The lowest BCUT2D eigenvalue weighted by Crippen LogP contribution is -2.63. The summed E-state index contributed by atoms with van der Waals surface area (Å²) in [6.45, 7) is 15.1. The van der Waals surface area contributed by atoms with Crippen molar-refractivity contribution >= 4 is 17.8 Å². The van der Waals surface area contributed by atoms with E-state index in [-0.39, 0.29) is 23.3 Å². The largest absolute Gasteiger partial charge is 0.478 e. The molecular weight excluding hydrogens is 382 g/mol. The minimum atomic E-state index is -1.01. The number of carbonyl (C=O) groups excluding carboxylic acids is 2. The first kappa shape index (κ1) is 28.1. The molecule has 0 rings (SSSR count). The number of aliphatic carboxylic acids is 1. The minimum Gasteiger partial charge on any atom is -0.478 e. The Morgan fingerprint density at radius 2 is 1.50 bits per heavy atom. The number of amides is 2. The Labute approximate surface area is 182 Å². The van der Waals surface area contributed by atoms with Gasteiger partial charge in [-0.1, -0.05) is 54.5 Å². The van der Waals surface area contributed by atoms with Crippen LogP contribution in [0.3, 0.4) is 0 Å². The lowest BCUT2D eigenvalue weighted by Gasteiger charge is -2.42. The van der Waals surface area contributed by atoms with Crippen LogP contribution in [0.2, 0.25) is 0 Å². The summed E-state index contributed by atoms with van der Waals surface area (Å²) in [4.78, 5) is 41.6. The third-order valence-electron chi connectivity index (χ3n) is 6.07. The molecule has 7 nitrogen and oxygen atoms in total. The van der Waals surface area contributed by atoms with Gasteiger partial charge in [0.25, 0.3) is 0 Å². The summed E-state index contributed by atoms with van der Waals surface area (Å²) < 4.78 is 0. The van der Waals surface area contributed by atoms with Crippen LogP contribution in [-0.4, -0.2) is 71.5 Å². The highest BCUT2D eigenvalue weighted by Crippen LogP contribution is 2.27. The van der Waals surface area contributed by atoms with Gasteiger partial charge in [-0.15, -0.1) is 0 Å². The van der Waals surface area contributed by atoms with Crippen molar-refractivity contribution in [1.29, 1.82) is 0 Å². The molecule has 1 unspecified atom stereocenters. The molecular formula is C23H43N3O4. The number of carbonyl (C=O) groups is 3. The third kappa shape index (κ3) is 6.56. The normalized spacial score (nSPS) is 15.2. The van der Waals surface area contributed by atoms with Crippen LogP contribution < -0.4 is 5.32 Å². The Morgan fingerprint density at radius 1 is 1.03 bits per heavy atom. The van der Waals surface area contributed by atoms with Gasteiger partial charge in [0.05, 0.1) is 11.6 Å². The summed E-state index contributed by atoms with van der Waals surface area (Å²) >= 11 is 0. The van der Waals surface area contributed by atoms with Crippen LogP contribution >= 0.6 is 0 Å². The zero-order valence-corrected chi connectivity index (χ0v) is 20.8. The van der Waals surface area contributed by atoms with Gasteiger partial charge in [-0.2, -0.15) is 0 Å². The standard InChI is InChI=1S/C23H43N3O4/c1-12-23(13-2,25(9)10)21(30)24-18(22(6,7)8)19(27)26(11)17(15(3)4)14-16(5)20(28)29/h14-15,17-18H,12-13H2,1-11H3,(H,24,30)(H,28,29)/b16-14+/t17-,18?/m1/s1. The Morgan fingerprint density at radius 3 is 1.80 bits per heavy atom. The lowest BCUT2D eigenvalue weighted by molar-refractivity contribution is -0.143. The number of nitrogens with one attached hydrogen (secondary N) is 1. The summed E-state index contributed by atoms with van der Waals surface area (Å²) in [6.07, 6.45) is 2.85. The summed E-state index contributed by atoms with van der Waals surface area (Å²) in [5.41, 5.74) is -1.03. The second kappa shape index (κ2) is 10.9. The molecule has 2 amide bonds. The van der Waals surface area contributed by atoms with Crippen LogP contribution in [0.5, 0.6) is 0 Å². The summed E-state index contributed by atoms with van der Waals surface area (Å²) in [6, 6.07) is -1.14. The van der Waals surface area contributed by atoms with Crippen LogP contribution in [0.15, 0.2) is 11.6 Å². The molecule has 0 spiro atoms. The van der Waals surface area contributed by atoms with E-state index in [2.05, 4.69) is 5.32 Å². The van der Waals surface area contributed by atoms with Gasteiger partial charge < -0.3 is 15.3 Å². The maximum absolute atomic E-state index is 13.5. The fraction of sp³-hybridized carbons (Fsp3) is 0.783. The van der Waals surface area contributed by atoms with Crippen LogP contribution in [0.1, 0.15) is 68.2 Å². The van der Waals surface area contributed by atoms with Crippen molar-refractivity contribution in [2.75, 3.05) is 21.1 Å². The van der Waals surface area contributed by atoms with E-state index in [1.165, 1.54) is 6.92 Å². The first-order valence-electron chi connectivity index (χ1n) is 10.7. The average molecular weight is 426 g/mol. The van der Waals surface area contributed by atoms with Gasteiger partial charge >= 0.3 is 5.97 Å². The maximum atomic E-state index is 13.5. The highest BCUT2D eigenvalue weighted by Gasteiger charge is 2.43.